The van der Waals surface area contributed by atoms with Gasteiger partial charge in [0.1, 0.15) is 5.75 Å². The summed E-state index contributed by atoms with van der Waals surface area (Å²) in [6, 6.07) is 7.43. The van der Waals surface area contributed by atoms with E-state index in [1.807, 2.05) is 0 Å². The maximum atomic E-state index is 8.81. The first kappa shape index (κ1) is 5.82. The minimum absolute atomic E-state index is 0.148. The average Bonchev–Trinajstić information content (AvgIpc) is 1.97. The molecule has 9 heavy (non-hydrogen) atoms. The zero-order valence-electron chi connectivity index (χ0n) is 4.78. The van der Waals surface area contributed by atoms with Crippen LogP contribution in [0.4, 0.5) is 0 Å². The fraction of sp³-hybridized carbons (Fsp3) is 0. The molecule has 46 valence electrons. The van der Waals surface area contributed by atoms with Crippen LogP contribution in [-0.4, -0.2) is 9.90 Å². The second-order valence-electron chi connectivity index (χ2n) is 1.71. The van der Waals surface area contributed by atoms with Crippen molar-refractivity contribution in [3.8, 4) is 5.75 Å². The van der Waals surface area contributed by atoms with Crippen LogP contribution in [0, 0.1) is 0 Å². The monoisotopic (exact) mass is 123 g/mol. The summed E-state index contributed by atoms with van der Waals surface area (Å²) in [5, 5.41) is 8.81. The van der Waals surface area contributed by atoms with Gasteiger partial charge >= 0.3 is 5.43 Å². The third-order valence-corrected chi connectivity index (χ3v) is 0.959. The van der Waals surface area contributed by atoms with E-state index in [9.17, 15) is 0 Å². The molecule has 1 aromatic carbocycles. The molecule has 1 rings (SSSR count). The molecule has 0 aliphatic rings. The third-order valence-electron chi connectivity index (χ3n) is 0.959. The molecule has 0 amide bonds. The largest absolute Gasteiger partial charge is 0.508 e. The highest BCUT2D eigenvalue weighted by Gasteiger charge is 1.84. The van der Waals surface area contributed by atoms with Crippen LogP contribution >= 0.6 is 0 Å². The van der Waals surface area contributed by atoms with Crippen LogP contribution in [0.2, 0.25) is 0 Å². The second-order valence-corrected chi connectivity index (χ2v) is 1.71. The van der Waals surface area contributed by atoms with Gasteiger partial charge in [-0.05, 0) is 18.2 Å². The topological polar surface area (TPSA) is 41.6 Å². The Morgan fingerprint density at radius 1 is 1.11 bits per heavy atom. The van der Waals surface area contributed by atoms with Gasteiger partial charge in [-0.1, -0.05) is 0 Å². The molecule has 0 saturated carbocycles. The van der Waals surface area contributed by atoms with E-state index in [-0.39, 0.29) is 11.2 Å². The van der Waals surface area contributed by atoms with Gasteiger partial charge in [0, 0.05) is 12.1 Å². The first-order valence-electron chi connectivity index (χ1n) is 2.60. The van der Waals surface area contributed by atoms with E-state index in [4.69, 9.17) is 9.90 Å². The minimum atomic E-state index is 0.148. The van der Waals surface area contributed by atoms with Gasteiger partial charge in [-0.15, -0.1) is 0 Å². The van der Waals surface area contributed by atoms with Crippen LogP contribution in [0.3, 0.4) is 0 Å². The molecule has 0 bridgehead atoms. The summed E-state index contributed by atoms with van der Waals surface area (Å²) in [5.41, 5.74) is 0.148. The Kier molecular flexibility index (Phi) is 1.49. The third kappa shape index (κ3) is 1.57. The molecular formula is C7H7O2+. The van der Waals surface area contributed by atoms with Gasteiger partial charge in [0.2, 0.25) is 0 Å². The van der Waals surface area contributed by atoms with E-state index in [1.165, 1.54) is 24.3 Å². The molecule has 2 N–H and O–H groups in total. The van der Waals surface area contributed by atoms with E-state index in [0.29, 0.717) is 0 Å². The first-order valence-corrected chi connectivity index (χ1v) is 2.60. The van der Waals surface area contributed by atoms with E-state index < -0.39 is 0 Å². The van der Waals surface area contributed by atoms with Crippen LogP contribution in [-0.2, 0) is 0 Å². The quantitative estimate of drug-likeness (QED) is 0.498. The Bertz CT molecular complexity index is 255. The van der Waals surface area contributed by atoms with Gasteiger partial charge in [-0.3, -0.25) is 4.79 Å². The van der Waals surface area contributed by atoms with Crippen LogP contribution < -0.4 is 5.43 Å². The number of aromatic hydroxyl groups is 1. The van der Waals surface area contributed by atoms with Crippen LogP contribution in [0.25, 0.3) is 0 Å². The van der Waals surface area contributed by atoms with Gasteiger partial charge in [-0.2, -0.15) is 0 Å². The average molecular weight is 123 g/mol. The Balaban J connectivity index is 3.33. The molecule has 2 nitrogen and oxygen atoms in total. The van der Waals surface area contributed by atoms with Crippen molar-refractivity contribution in [2.45, 2.75) is 0 Å². The van der Waals surface area contributed by atoms with Crippen molar-refractivity contribution in [3.63, 3.8) is 0 Å². The highest BCUT2D eigenvalue weighted by atomic mass is 16.3. The molecule has 0 fully saturated rings. The minimum Gasteiger partial charge on any atom is -0.508 e. The van der Waals surface area contributed by atoms with E-state index in [0.717, 1.165) is 0 Å². The van der Waals surface area contributed by atoms with E-state index >= 15 is 0 Å². The molecule has 0 aromatic heterocycles. The number of rotatable bonds is 0. The fourth-order valence-electron chi connectivity index (χ4n) is 0.527. The summed E-state index contributed by atoms with van der Waals surface area (Å²) in [7, 11) is 0. The van der Waals surface area contributed by atoms with Crippen LogP contribution in [0.15, 0.2) is 30.3 Å². The maximum absolute atomic E-state index is 8.81. The maximum Gasteiger partial charge on any atom is 0.340 e. The summed E-state index contributed by atoms with van der Waals surface area (Å²) in [5.74, 6) is 0.148. The summed E-state index contributed by atoms with van der Waals surface area (Å²) in [4.78, 5) is 8.81. The zero-order valence-corrected chi connectivity index (χ0v) is 4.78. The van der Waals surface area contributed by atoms with E-state index in [2.05, 4.69) is 0 Å². The summed E-state index contributed by atoms with van der Waals surface area (Å²) in [6.45, 7) is 0. The standard InChI is InChI=1S/C7H6O2/c8-6-2-1-3-7(9)5-4-6/h1-5,8H/p+1. The normalized spacial score (nSPS) is 8.89. The molecule has 0 unspecified atom stereocenters. The van der Waals surface area contributed by atoms with Crippen LogP contribution in [0.5, 0.6) is 5.75 Å². The van der Waals surface area contributed by atoms with E-state index in [1.54, 1.807) is 6.07 Å². The molecule has 0 atom stereocenters. The molecule has 2 heteroatoms. The Morgan fingerprint density at radius 3 is 2.67 bits per heavy atom. The molecule has 1 aromatic rings. The molecule has 0 aliphatic carbocycles. The number of hydrogen-bond donors (Lipinski definition) is 1. The molecule has 0 heterocycles. The lowest BCUT2D eigenvalue weighted by Gasteiger charge is -1.74. The molecule has 0 aliphatic heterocycles. The molecular weight excluding hydrogens is 116 g/mol. The van der Waals surface area contributed by atoms with Crippen LogP contribution in [0.1, 0.15) is 0 Å². The highest BCUT2D eigenvalue weighted by Crippen LogP contribution is 1.99. The summed E-state index contributed by atoms with van der Waals surface area (Å²) >= 11 is 0. The molecule has 0 radical (unpaired) electrons. The number of hydrogen-bond acceptors (Lipinski definition) is 1. The second kappa shape index (κ2) is 2.31. The predicted molar refractivity (Wildman–Crippen MR) is 33.2 cm³/mol. The smallest absolute Gasteiger partial charge is 0.340 e. The Hall–Kier alpha value is -1.31. The highest BCUT2D eigenvalue weighted by molar-refractivity contribution is 5.16. The molecule has 0 saturated heterocycles. The van der Waals surface area contributed by atoms with Crippen molar-refractivity contribution in [1.82, 2.24) is 0 Å². The lowest BCUT2D eigenvalue weighted by Crippen LogP contribution is -1.91. The van der Waals surface area contributed by atoms with Gasteiger partial charge in [0.25, 0.3) is 0 Å². The van der Waals surface area contributed by atoms with Gasteiger partial charge in [-0.25, -0.2) is 0 Å². The van der Waals surface area contributed by atoms with Crippen molar-refractivity contribution in [2.24, 2.45) is 0 Å². The summed E-state index contributed by atoms with van der Waals surface area (Å²) in [6.07, 6.45) is 0. The SMILES string of the molecule is Oc1cccc(=[OH+])cc1. The molecule has 0 spiro atoms. The van der Waals surface area contributed by atoms with Crippen molar-refractivity contribution in [2.75, 3.05) is 0 Å². The van der Waals surface area contributed by atoms with Crippen molar-refractivity contribution in [1.29, 1.82) is 0 Å². The lowest BCUT2D eigenvalue weighted by molar-refractivity contribution is 0.475. The summed E-state index contributed by atoms with van der Waals surface area (Å²) < 4.78 is 0. The van der Waals surface area contributed by atoms with Crippen molar-refractivity contribution >= 4 is 0 Å². The van der Waals surface area contributed by atoms with Gasteiger partial charge in [0.05, 0.1) is 0 Å². The Labute approximate surface area is 52.4 Å². The fourth-order valence-corrected chi connectivity index (χ4v) is 0.527. The Morgan fingerprint density at radius 2 is 1.89 bits per heavy atom. The predicted octanol–water partition coefficient (Wildman–Crippen LogP) is 0.397. The lowest BCUT2D eigenvalue weighted by atomic mass is 10.5. The van der Waals surface area contributed by atoms with Crippen molar-refractivity contribution < 1.29 is 9.90 Å². The van der Waals surface area contributed by atoms with Gasteiger partial charge in [0.15, 0.2) is 0 Å². The van der Waals surface area contributed by atoms with Gasteiger partial charge < -0.3 is 5.11 Å². The van der Waals surface area contributed by atoms with Crippen molar-refractivity contribution in [3.05, 3.63) is 35.8 Å². The first-order chi connectivity index (χ1) is 4.29. The zero-order chi connectivity index (χ0) is 6.69.